The highest BCUT2D eigenvalue weighted by Crippen LogP contribution is 2.22. The monoisotopic (exact) mass is 486 g/mol. The Labute approximate surface area is 188 Å². The molecule has 1 saturated heterocycles. The van der Waals surface area contributed by atoms with Crippen molar-refractivity contribution in [1.29, 1.82) is 0 Å². The van der Waals surface area contributed by atoms with E-state index in [1.807, 2.05) is 51.9 Å². The predicted octanol–water partition coefficient (Wildman–Crippen LogP) is 4.38. The van der Waals surface area contributed by atoms with Gasteiger partial charge >= 0.3 is 0 Å². The Bertz CT molecular complexity index is 973. The first kappa shape index (κ1) is 20.9. The molecule has 1 aliphatic heterocycles. The van der Waals surface area contributed by atoms with Gasteiger partial charge in [0.25, 0.3) is 0 Å². The van der Waals surface area contributed by atoms with Crippen LogP contribution in [0, 0.1) is 0 Å². The van der Waals surface area contributed by atoms with E-state index in [0.29, 0.717) is 18.9 Å². The van der Waals surface area contributed by atoms with Gasteiger partial charge in [-0.25, -0.2) is 0 Å². The number of hydrogen-bond acceptors (Lipinski definition) is 5. The molecule has 0 radical (unpaired) electrons. The molecule has 1 aliphatic rings. The number of carbonyl (C=O) groups excluding carboxylic acids is 1. The van der Waals surface area contributed by atoms with Crippen LogP contribution in [-0.4, -0.2) is 44.4 Å². The van der Waals surface area contributed by atoms with Crippen LogP contribution in [0.1, 0.15) is 24.2 Å². The van der Waals surface area contributed by atoms with Gasteiger partial charge in [0.1, 0.15) is 12.4 Å². The molecule has 0 aliphatic carbocycles. The second-order valence-corrected chi connectivity index (χ2v) is 8.95. The highest BCUT2D eigenvalue weighted by Gasteiger charge is 2.20. The van der Waals surface area contributed by atoms with E-state index in [0.717, 1.165) is 52.7 Å². The first-order chi connectivity index (χ1) is 14.7. The lowest BCUT2D eigenvalue weighted by Gasteiger charge is -2.15. The number of nitrogens with zero attached hydrogens (tertiary/aromatic N) is 4. The molecule has 2 heterocycles. The molecule has 1 fully saturated rings. The molecule has 4 rings (SSSR count). The summed E-state index contributed by atoms with van der Waals surface area (Å²) in [5.74, 6) is 2.05. The second kappa shape index (κ2) is 10.1. The van der Waals surface area contributed by atoms with Crippen LogP contribution in [0.15, 0.2) is 64.2 Å². The lowest BCUT2D eigenvalue weighted by Crippen LogP contribution is -2.29. The first-order valence-corrected chi connectivity index (χ1v) is 11.7. The average Bonchev–Trinajstić information content (AvgIpc) is 3.43. The van der Waals surface area contributed by atoms with Crippen LogP contribution in [0.5, 0.6) is 5.75 Å². The summed E-state index contributed by atoms with van der Waals surface area (Å²) < 4.78 is 8.96. The van der Waals surface area contributed by atoms with E-state index in [-0.39, 0.29) is 5.91 Å². The van der Waals surface area contributed by atoms with Gasteiger partial charge in [0.05, 0.1) is 12.3 Å². The van der Waals surface area contributed by atoms with E-state index in [1.54, 1.807) is 0 Å². The fourth-order valence-corrected chi connectivity index (χ4v) is 4.44. The predicted molar refractivity (Wildman–Crippen MR) is 121 cm³/mol. The topological polar surface area (TPSA) is 60.2 Å². The van der Waals surface area contributed by atoms with Crippen molar-refractivity contribution in [1.82, 2.24) is 19.7 Å². The summed E-state index contributed by atoms with van der Waals surface area (Å²) in [4.78, 5) is 14.4. The third kappa shape index (κ3) is 5.43. The maximum atomic E-state index is 12.5. The fourth-order valence-electron chi connectivity index (χ4n) is 3.32. The maximum absolute atomic E-state index is 12.5. The summed E-state index contributed by atoms with van der Waals surface area (Å²) in [7, 11) is 0. The lowest BCUT2D eigenvalue weighted by atomic mass is 10.2. The Morgan fingerprint density at radius 1 is 1.03 bits per heavy atom. The van der Waals surface area contributed by atoms with E-state index in [9.17, 15) is 4.79 Å². The Morgan fingerprint density at radius 2 is 1.77 bits per heavy atom. The van der Waals surface area contributed by atoms with Crippen molar-refractivity contribution in [2.75, 3.05) is 18.8 Å². The van der Waals surface area contributed by atoms with Crippen LogP contribution in [0.25, 0.3) is 0 Å². The molecule has 0 saturated carbocycles. The van der Waals surface area contributed by atoms with Crippen molar-refractivity contribution >= 4 is 33.6 Å². The van der Waals surface area contributed by atoms with E-state index in [2.05, 4.69) is 38.3 Å². The Balaban J connectivity index is 1.48. The number of aromatic nitrogens is 3. The number of likely N-dealkylation sites (tertiary alicyclic amines) is 1. The van der Waals surface area contributed by atoms with Crippen LogP contribution in [0.2, 0.25) is 0 Å². The molecule has 0 bridgehead atoms. The van der Waals surface area contributed by atoms with Crippen LogP contribution in [0.4, 0.5) is 0 Å². The zero-order chi connectivity index (χ0) is 20.8. The number of carbonyl (C=O) groups is 1. The second-order valence-electron chi connectivity index (χ2n) is 7.09. The summed E-state index contributed by atoms with van der Waals surface area (Å²) in [5.41, 5.74) is 1.15. The Kier molecular flexibility index (Phi) is 7.07. The zero-order valence-corrected chi connectivity index (χ0v) is 18.9. The minimum atomic E-state index is 0.166. The number of benzene rings is 2. The summed E-state index contributed by atoms with van der Waals surface area (Å²) in [6.45, 7) is 2.67. The third-order valence-corrected chi connectivity index (χ3v) is 6.42. The van der Waals surface area contributed by atoms with Crippen molar-refractivity contribution in [2.45, 2.75) is 31.1 Å². The van der Waals surface area contributed by atoms with Crippen molar-refractivity contribution in [3.05, 3.63) is 70.5 Å². The molecule has 6 nitrogen and oxygen atoms in total. The van der Waals surface area contributed by atoms with Crippen LogP contribution >= 0.6 is 27.7 Å². The van der Waals surface area contributed by atoms with Gasteiger partial charge < -0.3 is 9.64 Å². The van der Waals surface area contributed by atoms with Gasteiger partial charge in [-0.15, -0.1) is 10.2 Å². The molecule has 3 aromatic rings. The van der Waals surface area contributed by atoms with E-state index < -0.39 is 0 Å². The maximum Gasteiger partial charge on any atom is 0.233 e. The Hall–Kier alpha value is -2.32. The highest BCUT2D eigenvalue weighted by atomic mass is 79.9. The number of rotatable bonds is 8. The van der Waals surface area contributed by atoms with Gasteiger partial charge in [0.15, 0.2) is 11.0 Å². The first-order valence-electron chi connectivity index (χ1n) is 9.94. The summed E-state index contributed by atoms with van der Waals surface area (Å²) in [6, 6.07) is 17.9. The van der Waals surface area contributed by atoms with Crippen molar-refractivity contribution in [3.63, 3.8) is 0 Å². The minimum absolute atomic E-state index is 0.166. The van der Waals surface area contributed by atoms with E-state index in [4.69, 9.17) is 4.74 Å². The molecule has 156 valence electrons. The quantitative estimate of drug-likeness (QED) is 0.442. The fraction of sp³-hybridized carbons (Fsp3) is 0.318. The summed E-state index contributed by atoms with van der Waals surface area (Å²) >= 11 is 4.87. The van der Waals surface area contributed by atoms with Crippen LogP contribution < -0.4 is 4.74 Å². The number of hydrogen-bond donors (Lipinski definition) is 0. The van der Waals surface area contributed by atoms with Gasteiger partial charge in [0, 0.05) is 17.6 Å². The van der Waals surface area contributed by atoms with Crippen LogP contribution in [-0.2, 0) is 17.9 Å². The van der Waals surface area contributed by atoms with Crippen molar-refractivity contribution in [3.8, 4) is 5.75 Å². The molecule has 0 N–H and O–H groups in total. The molecular weight excluding hydrogens is 464 g/mol. The van der Waals surface area contributed by atoms with Crippen molar-refractivity contribution in [2.24, 2.45) is 0 Å². The molecule has 0 atom stereocenters. The van der Waals surface area contributed by atoms with Gasteiger partial charge in [-0.05, 0) is 42.7 Å². The lowest BCUT2D eigenvalue weighted by molar-refractivity contribution is -0.127. The molecule has 0 spiro atoms. The van der Waals surface area contributed by atoms with Gasteiger partial charge in [-0.2, -0.15) is 0 Å². The highest BCUT2D eigenvalue weighted by molar-refractivity contribution is 9.10. The Morgan fingerprint density at radius 3 is 2.50 bits per heavy atom. The number of halogens is 1. The molecule has 1 aromatic heterocycles. The largest absolute Gasteiger partial charge is 0.486 e. The number of amides is 1. The molecule has 30 heavy (non-hydrogen) atoms. The van der Waals surface area contributed by atoms with Gasteiger partial charge in [-0.3, -0.25) is 9.36 Å². The zero-order valence-electron chi connectivity index (χ0n) is 16.5. The smallest absolute Gasteiger partial charge is 0.233 e. The molecule has 1 amide bonds. The van der Waals surface area contributed by atoms with Crippen molar-refractivity contribution < 1.29 is 9.53 Å². The average molecular weight is 487 g/mol. The molecule has 2 aromatic carbocycles. The molecule has 0 unspecified atom stereocenters. The third-order valence-electron chi connectivity index (χ3n) is 4.94. The normalized spacial score (nSPS) is 13.6. The van der Waals surface area contributed by atoms with Gasteiger partial charge in [-0.1, -0.05) is 58.0 Å². The van der Waals surface area contributed by atoms with E-state index >= 15 is 0 Å². The van der Waals surface area contributed by atoms with Gasteiger partial charge in [0.2, 0.25) is 5.91 Å². The molecular formula is C22H23BrN4O2S. The molecule has 8 heteroatoms. The summed E-state index contributed by atoms with van der Waals surface area (Å²) in [5, 5.41) is 9.45. The minimum Gasteiger partial charge on any atom is -0.486 e. The summed E-state index contributed by atoms with van der Waals surface area (Å²) in [6.07, 6.45) is 2.19. The van der Waals surface area contributed by atoms with E-state index in [1.165, 1.54) is 11.8 Å². The number of thioether (sulfide) groups is 1. The number of ether oxygens (including phenoxy) is 1. The SMILES string of the molecule is O=C(CSc1nnc(COc2ccc(Br)cc2)n1Cc1ccccc1)N1CCCC1. The van der Waals surface area contributed by atoms with Crippen LogP contribution in [0.3, 0.4) is 0 Å². The standard InChI is InChI=1S/C22H23BrN4O2S/c23-18-8-10-19(11-9-18)29-15-20-24-25-22(27(20)14-17-6-2-1-3-7-17)30-16-21(28)26-12-4-5-13-26/h1-3,6-11H,4-5,12-16H2.